The van der Waals surface area contributed by atoms with E-state index in [2.05, 4.69) is 15.0 Å². The minimum atomic E-state index is -0.254. The smallest absolute Gasteiger partial charge is 0.310 e. The molecule has 1 aliphatic heterocycles. The maximum absolute atomic E-state index is 11.8. The molecule has 1 aromatic carbocycles. The van der Waals surface area contributed by atoms with Crippen LogP contribution in [0.3, 0.4) is 0 Å². The Balaban J connectivity index is 1.33. The van der Waals surface area contributed by atoms with Gasteiger partial charge in [-0.2, -0.15) is 5.10 Å². The highest BCUT2D eigenvalue weighted by Crippen LogP contribution is 2.27. The molecule has 0 unspecified atom stereocenters. The summed E-state index contributed by atoms with van der Waals surface area (Å²) >= 11 is 0. The molecule has 0 atom stereocenters. The molecule has 10 nitrogen and oxygen atoms in total. The average molecular weight is 477 g/mol. The van der Waals surface area contributed by atoms with Crippen LogP contribution < -0.4 is 4.74 Å². The Kier molecular flexibility index (Phi) is 7.01. The highest BCUT2D eigenvalue weighted by Gasteiger charge is 2.14. The number of fused-ring (bicyclic) bond motifs is 1. The van der Waals surface area contributed by atoms with Gasteiger partial charge in [-0.25, -0.2) is 9.67 Å². The fourth-order valence-electron chi connectivity index (χ4n) is 4.08. The van der Waals surface area contributed by atoms with Crippen LogP contribution in [0.4, 0.5) is 0 Å². The van der Waals surface area contributed by atoms with Gasteiger partial charge in [0.05, 0.1) is 55.7 Å². The van der Waals surface area contributed by atoms with E-state index in [-0.39, 0.29) is 12.4 Å². The molecule has 0 N–H and O–H groups in total. The van der Waals surface area contributed by atoms with E-state index in [0.717, 1.165) is 55.1 Å². The highest BCUT2D eigenvalue weighted by molar-refractivity contribution is 5.86. The average Bonchev–Trinajstić information content (AvgIpc) is 3.53. The van der Waals surface area contributed by atoms with Crippen molar-refractivity contribution in [3.8, 4) is 17.4 Å². The summed E-state index contributed by atoms with van der Waals surface area (Å²) in [5.41, 5.74) is 1.73. The zero-order chi connectivity index (χ0) is 24.0. The first-order valence-corrected chi connectivity index (χ1v) is 11.8. The number of hydrogen-bond donors (Lipinski definition) is 0. The van der Waals surface area contributed by atoms with Gasteiger partial charge in [0.2, 0.25) is 0 Å². The second kappa shape index (κ2) is 10.7. The van der Waals surface area contributed by atoms with Crippen molar-refractivity contribution >= 4 is 16.9 Å². The van der Waals surface area contributed by atoms with Crippen LogP contribution >= 0.6 is 0 Å². The molecule has 0 aliphatic carbocycles. The van der Waals surface area contributed by atoms with Crippen LogP contribution in [0.2, 0.25) is 0 Å². The van der Waals surface area contributed by atoms with Gasteiger partial charge in [0.25, 0.3) is 0 Å². The molecule has 4 heterocycles. The van der Waals surface area contributed by atoms with E-state index in [1.165, 1.54) is 0 Å². The fourth-order valence-corrected chi connectivity index (χ4v) is 4.08. The number of hydrogen-bond acceptors (Lipinski definition) is 8. The van der Waals surface area contributed by atoms with Gasteiger partial charge in [-0.05, 0) is 30.7 Å². The minimum absolute atomic E-state index is 0.214. The Morgan fingerprint density at radius 3 is 2.83 bits per heavy atom. The lowest BCUT2D eigenvalue weighted by Crippen LogP contribution is -2.38. The van der Waals surface area contributed by atoms with Crippen molar-refractivity contribution in [2.75, 3.05) is 46.1 Å². The second-order valence-electron chi connectivity index (χ2n) is 8.19. The number of benzene rings is 1. The third-order valence-electron chi connectivity index (χ3n) is 5.84. The number of carbonyl (C=O) groups excluding carboxylic acids is 1. The first-order chi connectivity index (χ1) is 17.2. The van der Waals surface area contributed by atoms with Crippen LogP contribution in [0.25, 0.3) is 22.5 Å². The van der Waals surface area contributed by atoms with Crippen LogP contribution in [0.5, 0.6) is 5.75 Å². The number of aromatic nitrogens is 5. The predicted octanol–water partition coefficient (Wildman–Crippen LogP) is 2.42. The summed E-state index contributed by atoms with van der Waals surface area (Å²) in [5.74, 6) is 1.75. The lowest BCUT2D eigenvalue weighted by atomic mass is 10.2. The third kappa shape index (κ3) is 5.33. The molecular weight excluding hydrogens is 448 g/mol. The monoisotopic (exact) mass is 476 g/mol. The lowest BCUT2D eigenvalue weighted by molar-refractivity contribution is -0.142. The number of esters is 1. The second-order valence-corrected chi connectivity index (χ2v) is 8.19. The molecule has 5 rings (SSSR count). The van der Waals surface area contributed by atoms with Crippen LogP contribution in [-0.4, -0.2) is 81.2 Å². The summed E-state index contributed by atoms with van der Waals surface area (Å²) in [6.45, 7) is 7.04. The van der Waals surface area contributed by atoms with E-state index in [0.29, 0.717) is 24.8 Å². The topological polar surface area (TPSA) is 96.5 Å². The summed E-state index contributed by atoms with van der Waals surface area (Å²) in [4.78, 5) is 23.2. The first-order valence-electron chi connectivity index (χ1n) is 11.8. The van der Waals surface area contributed by atoms with Crippen LogP contribution in [-0.2, 0) is 20.7 Å². The Morgan fingerprint density at radius 2 is 1.97 bits per heavy atom. The normalized spacial score (nSPS) is 14.3. The largest absolute Gasteiger partial charge is 0.491 e. The number of rotatable bonds is 9. The summed E-state index contributed by atoms with van der Waals surface area (Å²) in [6.07, 6.45) is 9.05. The van der Waals surface area contributed by atoms with Crippen molar-refractivity contribution in [1.82, 2.24) is 29.2 Å². The van der Waals surface area contributed by atoms with E-state index in [4.69, 9.17) is 19.2 Å². The van der Waals surface area contributed by atoms with Gasteiger partial charge in [0.1, 0.15) is 12.4 Å². The summed E-state index contributed by atoms with van der Waals surface area (Å²) in [5, 5.41) is 5.48. The molecular formula is C25H28N6O4. The highest BCUT2D eigenvalue weighted by atomic mass is 16.5. The predicted molar refractivity (Wildman–Crippen MR) is 129 cm³/mol. The number of ether oxygens (including phenoxy) is 3. The number of nitrogens with zero attached hydrogens (tertiary/aromatic N) is 6. The van der Waals surface area contributed by atoms with Crippen molar-refractivity contribution in [2.45, 2.75) is 13.3 Å². The minimum Gasteiger partial charge on any atom is -0.491 e. The summed E-state index contributed by atoms with van der Waals surface area (Å²) in [7, 11) is 0. The maximum Gasteiger partial charge on any atom is 0.310 e. The Morgan fingerprint density at radius 1 is 1.11 bits per heavy atom. The van der Waals surface area contributed by atoms with Gasteiger partial charge in [-0.3, -0.25) is 14.7 Å². The molecule has 182 valence electrons. The van der Waals surface area contributed by atoms with E-state index in [1.54, 1.807) is 30.2 Å². The van der Waals surface area contributed by atoms with E-state index >= 15 is 0 Å². The Labute approximate surface area is 203 Å². The zero-order valence-corrected chi connectivity index (χ0v) is 19.7. The van der Waals surface area contributed by atoms with Gasteiger partial charge in [-0.15, -0.1) is 0 Å². The zero-order valence-electron chi connectivity index (χ0n) is 19.7. The number of morpholine rings is 1. The summed E-state index contributed by atoms with van der Waals surface area (Å²) in [6, 6.07) is 7.77. The standard InChI is InChI=1S/C25H28N6O4/c1-2-34-25(32)14-19-6-7-30(18-19)23-16-26-17-24(28-23)31-21-4-3-5-22(20(21)15-27-31)35-13-10-29-8-11-33-12-9-29/h3-7,15-18H,2,8-14H2,1H3. The Hall–Kier alpha value is -3.76. The van der Waals surface area contributed by atoms with Crippen molar-refractivity contribution in [1.29, 1.82) is 0 Å². The molecule has 0 saturated carbocycles. The molecule has 0 bridgehead atoms. The molecule has 0 radical (unpaired) electrons. The Bertz CT molecular complexity index is 1290. The molecule has 4 aromatic rings. The lowest BCUT2D eigenvalue weighted by Gasteiger charge is -2.26. The quantitative estimate of drug-likeness (QED) is 0.340. The SMILES string of the molecule is CCOC(=O)Cc1ccn(-c2cncc(-n3ncc4c(OCCN5CCOCC5)cccc43)n2)c1. The van der Waals surface area contributed by atoms with Gasteiger partial charge < -0.3 is 18.8 Å². The van der Waals surface area contributed by atoms with E-state index in [9.17, 15) is 4.79 Å². The maximum atomic E-state index is 11.8. The third-order valence-corrected chi connectivity index (χ3v) is 5.84. The van der Waals surface area contributed by atoms with Crippen molar-refractivity contribution in [2.24, 2.45) is 0 Å². The van der Waals surface area contributed by atoms with Gasteiger partial charge >= 0.3 is 5.97 Å². The van der Waals surface area contributed by atoms with Crippen LogP contribution in [0, 0.1) is 0 Å². The van der Waals surface area contributed by atoms with Gasteiger partial charge in [0.15, 0.2) is 11.6 Å². The van der Waals surface area contributed by atoms with Crippen molar-refractivity contribution < 1.29 is 19.0 Å². The fraction of sp³-hybridized carbons (Fsp3) is 0.360. The van der Waals surface area contributed by atoms with Gasteiger partial charge in [-0.1, -0.05) is 6.07 Å². The van der Waals surface area contributed by atoms with E-state index < -0.39 is 0 Å². The first kappa shape index (κ1) is 23.0. The van der Waals surface area contributed by atoms with Gasteiger partial charge in [0, 0.05) is 32.0 Å². The molecule has 3 aromatic heterocycles. The summed E-state index contributed by atoms with van der Waals surface area (Å²) < 4.78 is 20.1. The molecule has 35 heavy (non-hydrogen) atoms. The number of carbonyl (C=O) groups is 1. The van der Waals surface area contributed by atoms with Crippen LogP contribution in [0.1, 0.15) is 12.5 Å². The molecule has 10 heteroatoms. The molecule has 1 aliphatic rings. The van der Waals surface area contributed by atoms with Crippen molar-refractivity contribution in [3.05, 3.63) is 60.8 Å². The molecule has 0 amide bonds. The molecule has 1 saturated heterocycles. The van der Waals surface area contributed by atoms with Crippen LogP contribution in [0.15, 0.2) is 55.2 Å². The van der Waals surface area contributed by atoms with E-state index in [1.807, 2.05) is 41.2 Å². The van der Waals surface area contributed by atoms with Crippen molar-refractivity contribution in [3.63, 3.8) is 0 Å². The molecule has 0 spiro atoms. The molecule has 1 fully saturated rings.